The molecule has 45 heavy (non-hydrogen) atoms. The molecule has 6 aromatic rings. The van der Waals surface area contributed by atoms with E-state index in [0.717, 1.165) is 32.9 Å². The van der Waals surface area contributed by atoms with Crippen LogP contribution in [0.25, 0.3) is 22.3 Å². The van der Waals surface area contributed by atoms with Crippen molar-refractivity contribution in [2.45, 2.75) is 13.1 Å². The maximum Gasteiger partial charge on any atom is 0.307 e. The summed E-state index contributed by atoms with van der Waals surface area (Å²) < 4.78 is 41.8. The van der Waals surface area contributed by atoms with Crippen LogP contribution in [0.3, 0.4) is 0 Å². The summed E-state index contributed by atoms with van der Waals surface area (Å²) in [6.07, 6.45) is 0. The molecule has 0 saturated heterocycles. The molecule has 220 valence electrons. The lowest BCUT2D eigenvalue weighted by Crippen LogP contribution is -2.53. The maximum absolute atomic E-state index is 14.6. The summed E-state index contributed by atoms with van der Waals surface area (Å²) in [7, 11) is -8.85. The van der Waals surface area contributed by atoms with Crippen molar-refractivity contribution in [3.8, 4) is 33.8 Å². The lowest BCUT2D eigenvalue weighted by Gasteiger charge is -2.30. The third-order valence-corrected chi connectivity index (χ3v) is 17.6. The topological polar surface area (TPSA) is 52.6 Å². The van der Waals surface area contributed by atoms with Crippen molar-refractivity contribution in [1.82, 2.24) is 0 Å². The van der Waals surface area contributed by atoms with Gasteiger partial charge in [0.1, 0.15) is 19.6 Å². The molecule has 2 atom stereocenters. The van der Waals surface area contributed by atoms with Crippen LogP contribution in [0.2, 0.25) is 13.1 Å². The average Bonchev–Trinajstić information content (AvgIpc) is 3.09. The Hall–Kier alpha value is -4.40. The lowest BCUT2D eigenvalue weighted by atomic mass is 10.0. The minimum Gasteiger partial charge on any atom is -0.436 e. The smallest absolute Gasteiger partial charge is 0.307 e. The van der Waals surface area contributed by atoms with Crippen LogP contribution < -0.4 is 40.6 Å². The number of hydrogen-bond donors (Lipinski definition) is 0. The van der Waals surface area contributed by atoms with E-state index in [4.69, 9.17) is 9.05 Å². The van der Waals surface area contributed by atoms with Gasteiger partial charge in [-0.3, -0.25) is 9.13 Å². The minimum atomic E-state index is -3.34. The normalized spacial score (nSPS) is 19.6. The zero-order chi connectivity index (χ0) is 30.8. The van der Waals surface area contributed by atoms with Gasteiger partial charge in [0.25, 0.3) is 0 Å². The third-order valence-electron chi connectivity index (χ3n) is 9.11. The first-order chi connectivity index (χ1) is 21.8. The Kier molecular flexibility index (Phi) is 6.44. The Morgan fingerprint density at radius 2 is 0.756 bits per heavy atom. The van der Waals surface area contributed by atoms with Crippen LogP contribution in [0.1, 0.15) is 0 Å². The molecule has 0 fully saturated rings. The van der Waals surface area contributed by atoms with Gasteiger partial charge in [-0.1, -0.05) is 121 Å². The van der Waals surface area contributed by atoms with Gasteiger partial charge in [-0.15, -0.1) is 0 Å². The Balaban J connectivity index is 1.12. The molecule has 0 saturated carbocycles. The van der Waals surface area contributed by atoms with E-state index in [-0.39, 0.29) is 0 Å². The van der Waals surface area contributed by atoms with Crippen molar-refractivity contribution in [2.24, 2.45) is 0 Å². The van der Waals surface area contributed by atoms with Crippen LogP contribution in [-0.2, 0) is 9.13 Å². The summed E-state index contributed by atoms with van der Waals surface area (Å²) in [5, 5.41) is 5.23. The Morgan fingerprint density at radius 3 is 1.16 bits per heavy atom. The molecule has 7 heteroatoms. The number of fused-ring (bicyclic) bond motifs is 6. The largest absolute Gasteiger partial charge is 0.436 e. The molecule has 0 N–H and O–H groups in total. The van der Waals surface area contributed by atoms with Gasteiger partial charge in [0.15, 0.2) is 0 Å². The molecule has 2 aliphatic heterocycles. The van der Waals surface area contributed by atoms with Gasteiger partial charge < -0.3 is 9.05 Å². The van der Waals surface area contributed by atoms with E-state index in [1.807, 2.05) is 121 Å². The van der Waals surface area contributed by atoms with Crippen molar-refractivity contribution < 1.29 is 18.2 Å². The molecule has 6 aromatic carbocycles. The fraction of sp³-hybridized carbons (Fsp3) is 0.0526. The minimum absolute atomic E-state index is 0.644. The van der Waals surface area contributed by atoms with E-state index >= 15 is 0 Å². The Labute approximate surface area is 264 Å². The van der Waals surface area contributed by atoms with Crippen LogP contribution in [0, 0.1) is 0 Å². The Morgan fingerprint density at radius 1 is 0.422 bits per heavy atom. The standard InChI is InChI=1S/C38H30O4P2Si/c1-45(2,29-23-19-27(20-24-29)43(39)37-17-9-5-13-33(37)31-11-3-7-15-35(31)41-43)30-25-21-28(22-26-30)44(40)38-18-10-6-14-34(38)32-12-4-8-16-36(32)42-44/h3-26H,1-2H3. The summed E-state index contributed by atoms with van der Waals surface area (Å²) in [6.45, 7) is 4.60. The van der Waals surface area contributed by atoms with Gasteiger partial charge in [-0.2, -0.15) is 0 Å². The van der Waals surface area contributed by atoms with Crippen LogP contribution in [0.5, 0.6) is 11.5 Å². The molecule has 8 rings (SSSR count). The second kappa shape index (κ2) is 10.3. The maximum atomic E-state index is 14.6. The molecule has 2 unspecified atom stereocenters. The summed E-state index contributed by atoms with van der Waals surface area (Å²) >= 11 is 0. The lowest BCUT2D eigenvalue weighted by molar-refractivity contribution is 0.500. The SMILES string of the molecule is C[Si](C)(c1ccc(P2(=O)Oc3ccccc3-c3ccccc32)cc1)c1ccc(P2(=O)Oc3ccccc3-c3ccccc32)cc1. The predicted molar refractivity (Wildman–Crippen MR) is 188 cm³/mol. The first-order valence-corrected chi connectivity index (χ1v) is 21.2. The van der Waals surface area contributed by atoms with E-state index in [2.05, 4.69) is 37.4 Å². The first-order valence-electron chi connectivity index (χ1n) is 15.0. The highest BCUT2D eigenvalue weighted by Crippen LogP contribution is 2.54. The highest BCUT2D eigenvalue weighted by atomic mass is 31.2. The van der Waals surface area contributed by atoms with Crippen molar-refractivity contribution in [3.63, 3.8) is 0 Å². The summed E-state index contributed by atoms with van der Waals surface area (Å²) in [4.78, 5) is 0. The monoisotopic (exact) mass is 640 g/mol. The van der Waals surface area contributed by atoms with E-state index in [1.54, 1.807) is 0 Å². The van der Waals surface area contributed by atoms with Crippen LogP contribution in [0.15, 0.2) is 146 Å². The summed E-state index contributed by atoms with van der Waals surface area (Å²) in [5.74, 6) is 1.29. The van der Waals surface area contributed by atoms with E-state index < -0.39 is 22.8 Å². The zero-order valence-electron chi connectivity index (χ0n) is 24.9. The van der Waals surface area contributed by atoms with Gasteiger partial charge in [0.05, 0.1) is 21.2 Å². The third kappa shape index (κ3) is 4.34. The molecule has 0 aromatic heterocycles. The number of rotatable bonds is 4. The fourth-order valence-corrected chi connectivity index (χ4v) is 13.4. The second-order valence-corrected chi connectivity index (χ2v) is 21.0. The zero-order valence-corrected chi connectivity index (χ0v) is 27.7. The molecule has 2 aliphatic rings. The molecule has 0 amide bonds. The molecule has 0 spiro atoms. The molecule has 2 heterocycles. The van der Waals surface area contributed by atoms with Crippen LogP contribution in [-0.4, -0.2) is 8.07 Å². The van der Waals surface area contributed by atoms with Crippen molar-refractivity contribution >= 4 is 54.4 Å². The van der Waals surface area contributed by atoms with Crippen LogP contribution >= 0.6 is 14.7 Å². The summed E-state index contributed by atoms with van der Waals surface area (Å²) in [5.41, 5.74) is 3.82. The quantitative estimate of drug-likeness (QED) is 0.153. The van der Waals surface area contributed by atoms with Crippen molar-refractivity contribution in [2.75, 3.05) is 0 Å². The molecular weight excluding hydrogens is 610 g/mol. The number of hydrogen-bond acceptors (Lipinski definition) is 4. The molecule has 0 aliphatic carbocycles. The van der Waals surface area contributed by atoms with Gasteiger partial charge in [0, 0.05) is 11.1 Å². The molecule has 4 nitrogen and oxygen atoms in total. The van der Waals surface area contributed by atoms with Gasteiger partial charge in [-0.25, -0.2) is 0 Å². The van der Waals surface area contributed by atoms with Gasteiger partial charge in [0.2, 0.25) is 0 Å². The number of benzene rings is 6. The van der Waals surface area contributed by atoms with Crippen LogP contribution in [0.4, 0.5) is 0 Å². The molecule has 0 radical (unpaired) electrons. The van der Waals surface area contributed by atoms with E-state index in [0.29, 0.717) is 22.1 Å². The molecule has 0 bridgehead atoms. The first kappa shape index (κ1) is 28.1. The van der Waals surface area contributed by atoms with Crippen molar-refractivity contribution in [1.29, 1.82) is 0 Å². The second-order valence-electron chi connectivity index (χ2n) is 12.0. The number of para-hydroxylation sites is 2. The fourth-order valence-electron chi connectivity index (χ4n) is 6.53. The highest BCUT2D eigenvalue weighted by molar-refractivity contribution is 7.75. The average molecular weight is 641 g/mol. The highest BCUT2D eigenvalue weighted by Gasteiger charge is 2.39. The predicted octanol–water partition coefficient (Wildman–Crippen LogP) is 7.09. The molecular formula is C38H30O4P2Si. The van der Waals surface area contributed by atoms with Gasteiger partial charge >= 0.3 is 14.7 Å². The van der Waals surface area contributed by atoms with Crippen molar-refractivity contribution in [3.05, 3.63) is 146 Å². The van der Waals surface area contributed by atoms with E-state index in [1.165, 1.54) is 10.4 Å². The Bertz CT molecular complexity index is 2050. The van der Waals surface area contributed by atoms with Gasteiger partial charge in [-0.05, 0) is 59.7 Å². The summed E-state index contributed by atoms with van der Waals surface area (Å²) in [6, 6.07) is 47.5. The van der Waals surface area contributed by atoms with E-state index in [9.17, 15) is 9.13 Å².